The molecule has 0 aliphatic heterocycles. The zero-order valence-electron chi connectivity index (χ0n) is 10.5. The predicted octanol–water partition coefficient (Wildman–Crippen LogP) is 2.37. The average Bonchev–Trinajstić information content (AvgIpc) is 2.20. The summed E-state index contributed by atoms with van der Waals surface area (Å²) < 4.78 is 26.2. The molecule has 0 heterocycles. The summed E-state index contributed by atoms with van der Waals surface area (Å²) in [6.07, 6.45) is 0.656. The minimum atomic E-state index is -3.26. The van der Waals surface area contributed by atoms with Gasteiger partial charge in [-0.2, -0.15) is 0 Å². The van der Waals surface area contributed by atoms with Crippen molar-refractivity contribution in [2.24, 2.45) is 5.92 Å². The molecule has 0 atom stereocenters. The van der Waals surface area contributed by atoms with E-state index in [0.29, 0.717) is 23.7 Å². The molecule has 0 spiro atoms. The number of hydrogen-bond acceptors (Lipinski definition) is 3. The van der Waals surface area contributed by atoms with Crippen molar-refractivity contribution in [3.8, 4) is 0 Å². The lowest BCUT2D eigenvalue weighted by atomic mass is 10.2. The molecule has 5 heteroatoms. The van der Waals surface area contributed by atoms with E-state index in [2.05, 4.69) is 4.72 Å². The molecule has 0 saturated carbocycles. The van der Waals surface area contributed by atoms with Crippen molar-refractivity contribution < 1.29 is 8.42 Å². The molecule has 0 radical (unpaired) electrons. The number of nitrogens with two attached hydrogens (primary N) is 1. The molecular formula is C12H20N2O2S. The Labute approximate surface area is 103 Å². The minimum absolute atomic E-state index is 0.147. The molecule has 0 bridgehead atoms. The van der Waals surface area contributed by atoms with Crippen molar-refractivity contribution >= 4 is 21.4 Å². The van der Waals surface area contributed by atoms with Crippen LogP contribution in [0, 0.1) is 12.8 Å². The summed E-state index contributed by atoms with van der Waals surface area (Å²) >= 11 is 0. The molecule has 3 N–H and O–H groups in total. The quantitative estimate of drug-likeness (QED) is 0.794. The second-order valence-electron chi connectivity index (χ2n) is 4.68. The van der Waals surface area contributed by atoms with E-state index in [0.717, 1.165) is 5.56 Å². The summed E-state index contributed by atoms with van der Waals surface area (Å²) in [4.78, 5) is 0. The highest BCUT2D eigenvalue weighted by Gasteiger charge is 2.12. The third-order valence-corrected chi connectivity index (χ3v) is 3.78. The van der Waals surface area contributed by atoms with Crippen LogP contribution in [0.2, 0.25) is 0 Å². The molecule has 0 aromatic heterocycles. The van der Waals surface area contributed by atoms with Crippen molar-refractivity contribution in [1.29, 1.82) is 0 Å². The van der Waals surface area contributed by atoms with E-state index in [1.165, 1.54) is 0 Å². The maximum absolute atomic E-state index is 11.8. The molecule has 4 nitrogen and oxygen atoms in total. The molecule has 0 aliphatic carbocycles. The first-order valence-electron chi connectivity index (χ1n) is 5.67. The molecule has 96 valence electrons. The molecular weight excluding hydrogens is 236 g/mol. The molecule has 0 fully saturated rings. The van der Waals surface area contributed by atoms with Crippen LogP contribution in [-0.4, -0.2) is 14.2 Å². The number of benzene rings is 1. The number of anilines is 2. The Bertz CT molecular complexity index is 481. The predicted molar refractivity (Wildman–Crippen MR) is 72.5 cm³/mol. The Morgan fingerprint density at radius 2 is 2.00 bits per heavy atom. The van der Waals surface area contributed by atoms with Crippen LogP contribution in [-0.2, 0) is 10.0 Å². The molecule has 0 saturated heterocycles. The maximum atomic E-state index is 11.8. The van der Waals surface area contributed by atoms with Gasteiger partial charge in [-0.05, 0) is 43.0 Å². The van der Waals surface area contributed by atoms with Crippen LogP contribution in [0.15, 0.2) is 18.2 Å². The van der Waals surface area contributed by atoms with Crippen LogP contribution >= 0.6 is 0 Å². The summed E-state index contributed by atoms with van der Waals surface area (Å²) in [5, 5.41) is 0. The highest BCUT2D eigenvalue weighted by molar-refractivity contribution is 7.92. The first-order chi connectivity index (χ1) is 7.80. The molecule has 0 amide bonds. The summed E-state index contributed by atoms with van der Waals surface area (Å²) in [5.41, 5.74) is 7.68. The minimum Gasteiger partial charge on any atom is -0.399 e. The van der Waals surface area contributed by atoms with Gasteiger partial charge in [-0.15, -0.1) is 0 Å². The number of nitrogen functional groups attached to an aromatic ring is 1. The zero-order chi connectivity index (χ0) is 13.1. The van der Waals surface area contributed by atoms with E-state index >= 15 is 0 Å². The van der Waals surface area contributed by atoms with Gasteiger partial charge in [-0.3, -0.25) is 4.72 Å². The van der Waals surface area contributed by atoms with Gasteiger partial charge in [-0.25, -0.2) is 8.42 Å². The van der Waals surface area contributed by atoms with E-state index in [-0.39, 0.29) is 5.75 Å². The first-order valence-corrected chi connectivity index (χ1v) is 7.32. The van der Waals surface area contributed by atoms with Gasteiger partial charge in [0.05, 0.1) is 11.4 Å². The Morgan fingerprint density at radius 1 is 1.35 bits per heavy atom. The molecule has 1 rings (SSSR count). The fourth-order valence-electron chi connectivity index (χ4n) is 1.41. The summed E-state index contributed by atoms with van der Waals surface area (Å²) in [6.45, 7) is 5.84. The normalized spacial score (nSPS) is 11.8. The molecule has 1 aromatic carbocycles. The maximum Gasteiger partial charge on any atom is 0.232 e. The monoisotopic (exact) mass is 256 g/mol. The third kappa shape index (κ3) is 4.65. The van der Waals surface area contributed by atoms with E-state index in [4.69, 9.17) is 5.73 Å². The summed E-state index contributed by atoms with van der Waals surface area (Å²) in [5.74, 6) is 0.521. The van der Waals surface area contributed by atoms with Crippen LogP contribution in [0.3, 0.4) is 0 Å². The molecule has 1 aromatic rings. The van der Waals surface area contributed by atoms with Gasteiger partial charge in [0.25, 0.3) is 0 Å². The Balaban J connectivity index is 2.76. The summed E-state index contributed by atoms with van der Waals surface area (Å²) in [6, 6.07) is 5.13. The Kier molecular flexibility index (Phi) is 4.40. The van der Waals surface area contributed by atoms with Crippen LogP contribution in [0.25, 0.3) is 0 Å². The van der Waals surface area contributed by atoms with E-state index in [1.54, 1.807) is 18.2 Å². The number of aryl methyl sites for hydroxylation is 1. The van der Waals surface area contributed by atoms with Crippen LogP contribution in [0.5, 0.6) is 0 Å². The highest BCUT2D eigenvalue weighted by Crippen LogP contribution is 2.19. The van der Waals surface area contributed by atoms with Crippen molar-refractivity contribution in [3.05, 3.63) is 23.8 Å². The van der Waals surface area contributed by atoms with Crippen molar-refractivity contribution in [2.45, 2.75) is 27.2 Å². The van der Waals surface area contributed by atoms with Gasteiger partial charge in [0.2, 0.25) is 10.0 Å². The Morgan fingerprint density at radius 3 is 2.53 bits per heavy atom. The summed E-state index contributed by atoms with van der Waals surface area (Å²) in [7, 11) is -3.26. The zero-order valence-corrected chi connectivity index (χ0v) is 11.3. The fraction of sp³-hybridized carbons (Fsp3) is 0.500. The molecule has 17 heavy (non-hydrogen) atoms. The van der Waals surface area contributed by atoms with E-state index in [9.17, 15) is 8.42 Å². The van der Waals surface area contributed by atoms with Crippen molar-refractivity contribution in [2.75, 3.05) is 16.2 Å². The Hall–Kier alpha value is -1.23. The smallest absolute Gasteiger partial charge is 0.232 e. The first kappa shape index (κ1) is 13.8. The average molecular weight is 256 g/mol. The van der Waals surface area contributed by atoms with Crippen molar-refractivity contribution in [3.63, 3.8) is 0 Å². The largest absolute Gasteiger partial charge is 0.399 e. The van der Waals surface area contributed by atoms with Gasteiger partial charge in [-0.1, -0.05) is 13.8 Å². The number of rotatable bonds is 5. The topological polar surface area (TPSA) is 72.2 Å². The number of nitrogens with one attached hydrogen (secondary N) is 1. The fourth-order valence-corrected chi connectivity index (χ4v) is 2.86. The van der Waals surface area contributed by atoms with Crippen molar-refractivity contribution in [1.82, 2.24) is 0 Å². The highest BCUT2D eigenvalue weighted by atomic mass is 32.2. The SMILES string of the molecule is Cc1cc(N)ccc1NS(=O)(=O)CCC(C)C. The van der Waals surface area contributed by atoms with Crippen LogP contribution < -0.4 is 10.5 Å². The van der Waals surface area contributed by atoms with E-state index in [1.807, 2.05) is 20.8 Å². The van der Waals surface area contributed by atoms with Gasteiger partial charge < -0.3 is 5.73 Å². The lowest BCUT2D eigenvalue weighted by Gasteiger charge is -2.11. The van der Waals surface area contributed by atoms with E-state index < -0.39 is 10.0 Å². The van der Waals surface area contributed by atoms with Crippen LogP contribution in [0.4, 0.5) is 11.4 Å². The number of sulfonamides is 1. The van der Waals surface area contributed by atoms with Gasteiger partial charge >= 0.3 is 0 Å². The standard InChI is InChI=1S/C12H20N2O2S/c1-9(2)6-7-17(15,16)14-12-5-4-11(13)8-10(12)3/h4-5,8-9,14H,6-7,13H2,1-3H3. The van der Waals surface area contributed by atoms with Gasteiger partial charge in [0, 0.05) is 5.69 Å². The third-order valence-electron chi connectivity index (χ3n) is 2.48. The number of hydrogen-bond donors (Lipinski definition) is 2. The molecule has 0 aliphatic rings. The second kappa shape index (κ2) is 5.40. The second-order valence-corrected chi connectivity index (χ2v) is 6.52. The molecule has 0 unspecified atom stereocenters. The van der Waals surface area contributed by atoms with Gasteiger partial charge in [0.1, 0.15) is 0 Å². The lowest BCUT2D eigenvalue weighted by molar-refractivity contribution is 0.578. The lowest BCUT2D eigenvalue weighted by Crippen LogP contribution is -2.18. The van der Waals surface area contributed by atoms with Crippen LogP contribution in [0.1, 0.15) is 25.8 Å². The van der Waals surface area contributed by atoms with Gasteiger partial charge in [0.15, 0.2) is 0 Å².